The molecular weight excluding hydrogens is 368 g/mol. The Morgan fingerprint density at radius 2 is 1.66 bits per heavy atom. The summed E-state index contributed by atoms with van der Waals surface area (Å²) < 4.78 is 11.1. The number of nitrogens with one attached hydrogen (secondary N) is 1. The zero-order chi connectivity index (χ0) is 20.4. The Balaban J connectivity index is 1.54. The van der Waals surface area contributed by atoms with E-state index in [1.807, 2.05) is 17.0 Å². The van der Waals surface area contributed by atoms with Gasteiger partial charge >= 0.3 is 0 Å². The number of hydrogen-bond acceptors (Lipinski definition) is 4. The first-order valence-corrected chi connectivity index (χ1v) is 10.1. The van der Waals surface area contributed by atoms with Gasteiger partial charge in [-0.3, -0.25) is 9.59 Å². The van der Waals surface area contributed by atoms with Crippen molar-refractivity contribution in [1.29, 1.82) is 0 Å². The van der Waals surface area contributed by atoms with Crippen LogP contribution in [0.15, 0.2) is 42.5 Å². The number of rotatable bonds is 3. The Morgan fingerprint density at radius 1 is 0.966 bits per heavy atom. The van der Waals surface area contributed by atoms with Crippen LogP contribution in [0.2, 0.25) is 0 Å². The van der Waals surface area contributed by atoms with Crippen LogP contribution in [-0.4, -0.2) is 43.0 Å². The first-order valence-electron chi connectivity index (χ1n) is 10.1. The van der Waals surface area contributed by atoms with E-state index in [0.717, 1.165) is 19.5 Å². The molecule has 2 unspecified atom stereocenters. The van der Waals surface area contributed by atoms with Crippen LogP contribution in [0.5, 0.6) is 11.5 Å². The van der Waals surface area contributed by atoms with Gasteiger partial charge in [0.25, 0.3) is 11.8 Å². The highest BCUT2D eigenvalue weighted by Gasteiger charge is 2.27. The van der Waals surface area contributed by atoms with Gasteiger partial charge in [-0.2, -0.15) is 0 Å². The number of amides is 2. The third-order valence-corrected chi connectivity index (χ3v) is 5.37. The number of fused-ring (bicyclic) bond motifs is 1. The fraction of sp³-hybridized carbons (Fsp3) is 0.391. The summed E-state index contributed by atoms with van der Waals surface area (Å²) in [6.07, 6.45) is 1.13. The van der Waals surface area contributed by atoms with Gasteiger partial charge in [-0.1, -0.05) is 26.0 Å². The molecular formula is C23H26N2O4. The zero-order valence-electron chi connectivity index (χ0n) is 16.8. The topological polar surface area (TPSA) is 67.9 Å². The lowest BCUT2D eigenvalue weighted by Crippen LogP contribution is -2.42. The van der Waals surface area contributed by atoms with Gasteiger partial charge in [0.15, 0.2) is 11.5 Å². The molecule has 4 rings (SSSR count). The standard InChI is InChI=1S/C23H26N2O4/c1-15-11-16(2)14-25(13-15)23(27)18-5-3-4-6-19(18)24-22(26)17-7-8-20-21(12-17)29-10-9-28-20/h3-8,12,15-16H,9-11,13-14H2,1-2H3,(H,24,26). The van der Waals surface area contributed by atoms with E-state index >= 15 is 0 Å². The Bertz CT molecular complexity index is 917. The van der Waals surface area contributed by atoms with Crippen molar-refractivity contribution >= 4 is 17.5 Å². The summed E-state index contributed by atoms with van der Waals surface area (Å²) in [6, 6.07) is 12.3. The van der Waals surface area contributed by atoms with Crippen LogP contribution in [0.25, 0.3) is 0 Å². The quantitative estimate of drug-likeness (QED) is 0.859. The zero-order valence-corrected chi connectivity index (χ0v) is 16.8. The Kier molecular flexibility index (Phi) is 5.43. The first kappa shape index (κ1) is 19.3. The minimum atomic E-state index is -0.289. The molecule has 29 heavy (non-hydrogen) atoms. The molecule has 2 heterocycles. The molecule has 6 nitrogen and oxygen atoms in total. The summed E-state index contributed by atoms with van der Waals surface area (Å²) in [4.78, 5) is 27.9. The predicted octanol–water partition coefficient (Wildman–Crippen LogP) is 3.83. The number of ether oxygens (including phenoxy) is 2. The van der Waals surface area contributed by atoms with Crippen molar-refractivity contribution in [1.82, 2.24) is 4.90 Å². The molecule has 2 aliphatic heterocycles. The van der Waals surface area contributed by atoms with E-state index in [1.54, 1.807) is 30.3 Å². The lowest BCUT2D eigenvalue weighted by Gasteiger charge is -2.35. The van der Waals surface area contributed by atoms with Gasteiger partial charge in [-0.05, 0) is 48.6 Å². The molecule has 2 aromatic carbocycles. The van der Waals surface area contributed by atoms with Gasteiger partial charge in [0.05, 0.1) is 11.3 Å². The number of carbonyl (C=O) groups is 2. The Hall–Kier alpha value is -3.02. The van der Waals surface area contributed by atoms with Crippen molar-refractivity contribution in [3.63, 3.8) is 0 Å². The van der Waals surface area contributed by atoms with Crippen LogP contribution in [0, 0.1) is 11.8 Å². The largest absolute Gasteiger partial charge is 0.486 e. The predicted molar refractivity (Wildman–Crippen MR) is 111 cm³/mol. The normalized spacial score (nSPS) is 20.8. The van der Waals surface area contributed by atoms with Gasteiger partial charge in [-0.25, -0.2) is 0 Å². The van der Waals surface area contributed by atoms with Crippen molar-refractivity contribution in [3.05, 3.63) is 53.6 Å². The average Bonchev–Trinajstić information content (AvgIpc) is 2.72. The maximum atomic E-state index is 13.2. The third-order valence-electron chi connectivity index (χ3n) is 5.37. The highest BCUT2D eigenvalue weighted by Crippen LogP contribution is 2.31. The second-order valence-electron chi connectivity index (χ2n) is 8.01. The molecule has 0 bridgehead atoms. The number of para-hydroxylation sites is 1. The summed E-state index contributed by atoms with van der Waals surface area (Å²) >= 11 is 0. The lowest BCUT2D eigenvalue weighted by atomic mass is 9.91. The fourth-order valence-electron chi connectivity index (χ4n) is 4.16. The highest BCUT2D eigenvalue weighted by molar-refractivity contribution is 6.09. The molecule has 0 saturated carbocycles. The minimum absolute atomic E-state index is 0.0403. The fourth-order valence-corrected chi connectivity index (χ4v) is 4.16. The van der Waals surface area contributed by atoms with Crippen molar-refractivity contribution in [3.8, 4) is 11.5 Å². The summed E-state index contributed by atoms with van der Waals surface area (Å²) in [7, 11) is 0. The molecule has 6 heteroatoms. The molecule has 2 aliphatic rings. The van der Waals surface area contributed by atoms with Crippen molar-refractivity contribution in [2.24, 2.45) is 11.8 Å². The molecule has 1 N–H and O–H groups in total. The summed E-state index contributed by atoms with van der Waals surface area (Å²) in [5, 5.41) is 2.89. The number of nitrogens with zero attached hydrogens (tertiary/aromatic N) is 1. The number of piperidine rings is 1. The van der Waals surface area contributed by atoms with Gasteiger partial charge in [0.1, 0.15) is 13.2 Å². The second-order valence-corrected chi connectivity index (χ2v) is 8.01. The summed E-state index contributed by atoms with van der Waals surface area (Å²) in [5.74, 6) is 1.81. The maximum Gasteiger partial charge on any atom is 0.255 e. The first-order chi connectivity index (χ1) is 14.0. The number of benzene rings is 2. The van der Waals surface area contributed by atoms with Crippen LogP contribution in [0.3, 0.4) is 0 Å². The molecule has 152 valence electrons. The minimum Gasteiger partial charge on any atom is -0.486 e. The number of likely N-dealkylation sites (tertiary alicyclic amines) is 1. The molecule has 1 fully saturated rings. The van der Waals surface area contributed by atoms with Gasteiger partial charge in [0, 0.05) is 18.7 Å². The van der Waals surface area contributed by atoms with Crippen LogP contribution >= 0.6 is 0 Å². The van der Waals surface area contributed by atoms with E-state index in [-0.39, 0.29) is 11.8 Å². The smallest absolute Gasteiger partial charge is 0.255 e. The van der Waals surface area contributed by atoms with Crippen LogP contribution in [0.1, 0.15) is 41.0 Å². The van der Waals surface area contributed by atoms with Crippen LogP contribution in [-0.2, 0) is 0 Å². The van der Waals surface area contributed by atoms with Crippen LogP contribution < -0.4 is 14.8 Å². The highest BCUT2D eigenvalue weighted by atomic mass is 16.6. The van der Waals surface area contributed by atoms with Crippen molar-refractivity contribution in [2.75, 3.05) is 31.6 Å². The Morgan fingerprint density at radius 3 is 2.41 bits per heavy atom. The SMILES string of the molecule is CC1CC(C)CN(C(=O)c2ccccc2NC(=O)c2ccc3c(c2)OCCO3)C1. The van der Waals surface area contributed by atoms with Crippen LogP contribution in [0.4, 0.5) is 5.69 Å². The van der Waals surface area contributed by atoms with E-state index in [0.29, 0.717) is 53.4 Å². The van der Waals surface area contributed by atoms with Gasteiger partial charge in [0.2, 0.25) is 0 Å². The van der Waals surface area contributed by atoms with E-state index in [1.165, 1.54) is 0 Å². The third kappa shape index (κ3) is 4.21. The number of carbonyl (C=O) groups excluding carboxylic acids is 2. The molecule has 2 atom stereocenters. The molecule has 0 aromatic heterocycles. The number of hydrogen-bond donors (Lipinski definition) is 1. The lowest BCUT2D eigenvalue weighted by molar-refractivity contribution is 0.0624. The average molecular weight is 394 g/mol. The molecule has 1 saturated heterocycles. The molecule has 0 spiro atoms. The van der Waals surface area contributed by atoms with E-state index in [4.69, 9.17) is 9.47 Å². The number of anilines is 1. The van der Waals surface area contributed by atoms with E-state index in [2.05, 4.69) is 19.2 Å². The monoisotopic (exact) mass is 394 g/mol. The Labute approximate surface area is 170 Å². The van der Waals surface area contributed by atoms with Crippen molar-refractivity contribution < 1.29 is 19.1 Å². The summed E-state index contributed by atoms with van der Waals surface area (Å²) in [6.45, 7) is 6.79. The molecule has 2 aromatic rings. The second kappa shape index (κ2) is 8.15. The van der Waals surface area contributed by atoms with E-state index < -0.39 is 0 Å². The van der Waals surface area contributed by atoms with Gasteiger partial charge < -0.3 is 19.7 Å². The molecule has 2 amide bonds. The van der Waals surface area contributed by atoms with Gasteiger partial charge in [-0.15, -0.1) is 0 Å². The van der Waals surface area contributed by atoms with E-state index in [9.17, 15) is 9.59 Å². The molecule has 0 aliphatic carbocycles. The van der Waals surface area contributed by atoms with Crippen molar-refractivity contribution in [2.45, 2.75) is 20.3 Å². The maximum absolute atomic E-state index is 13.2. The summed E-state index contributed by atoms with van der Waals surface area (Å²) in [5.41, 5.74) is 1.49. The molecule has 0 radical (unpaired) electrons.